The number of hydrogen-bond donors (Lipinski definition) is 1. The Morgan fingerprint density at radius 2 is 2.60 bits per heavy atom. The molecule has 1 aliphatic rings. The molecule has 4 nitrogen and oxygen atoms in total. The molecule has 4 heteroatoms. The maximum Gasteiger partial charge on any atom is 0.125 e. The lowest BCUT2D eigenvalue weighted by atomic mass is 9.94. The zero-order valence-corrected chi connectivity index (χ0v) is 9.22. The summed E-state index contributed by atoms with van der Waals surface area (Å²) in [6, 6.07) is 0.0141. The number of ether oxygens (including phenoxy) is 1. The first-order chi connectivity index (χ1) is 7.33. The summed E-state index contributed by atoms with van der Waals surface area (Å²) < 4.78 is 7.57. The van der Waals surface area contributed by atoms with Gasteiger partial charge in [0, 0.05) is 31.5 Å². The number of rotatable bonds is 3. The van der Waals surface area contributed by atoms with Gasteiger partial charge in [0.1, 0.15) is 5.82 Å². The summed E-state index contributed by atoms with van der Waals surface area (Å²) in [6.45, 7) is 4.69. The minimum atomic E-state index is 0.0141. The van der Waals surface area contributed by atoms with E-state index in [2.05, 4.69) is 16.5 Å². The first kappa shape index (κ1) is 10.6. The normalized spacial score (nSPS) is 24.0. The molecule has 0 unspecified atom stereocenters. The minimum Gasteiger partial charge on any atom is -0.381 e. The molecular weight excluding hydrogens is 190 g/mol. The molecule has 0 saturated carbocycles. The highest BCUT2D eigenvalue weighted by Gasteiger charge is 2.25. The molecule has 2 rings (SSSR count). The van der Waals surface area contributed by atoms with Crippen LogP contribution in [0.1, 0.15) is 31.6 Å². The average molecular weight is 209 g/mol. The molecule has 2 N–H and O–H groups in total. The van der Waals surface area contributed by atoms with Crippen molar-refractivity contribution in [3.63, 3.8) is 0 Å². The average Bonchev–Trinajstić information content (AvgIpc) is 2.77. The van der Waals surface area contributed by atoms with E-state index in [0.29, 0.717) is 5.92 Å². The third kappa shape index (κ3) is 2.21. The molecular formula is C11H19N3O. The Hall–Kier alpha value is -0.870. The second-order valence-electron chi connectivity index (χ2n) is 4.07. The van der Waals surface area contributed by atoms with Gasteiger partial charge >= 0.3 is 0 Å². The molecule has 1 aromatic rings. The van der Waals surface area contributed by atoms with Gasteiger partial charge in [0.25, 0.3) is 0 Å². The topological polar surface area (TPSA) is 53.1 Å². The number of aryl methyl sites for hydroxylation is 1. The van der Waals surface area contributed by atoms with E-state index in [1.165, 1.54) is 0 Å². The van der Waals surface area contributed by atoms with Crippen LogP contribution in [0.3, 0.4) is 0 Å². The summed E-state index contributed by atoms with van der Waals surface area (Å²) in [4.78, 5) is 4.34. The number of imidazole rings is 1. The van der Waals surface area contributed by atoms with Crippen molar-refractivity contribution in [2.45, 2.75) is 32.4 Å². The van der Waals surface area contributed by atoms with E-state index >= 15 is 0 Å². The van der Waals surface area contributed by atoms with Crippen LogP contribution in [0.5, 0.6) is 0 Å². The number of aromatic nitrogens is 2. The van der Waals surface area contributed by atoms with Crippen LogP contribution >= 0.6 is 0 Å². The van der Waals surface area contributed by atoms with Crippen molar-refractivity contribution < 1.29 is 4.74 Å². The number of hydrogen-bond acceptors (Lipinski definition) is 3. The molecule has 0 radical (unpaired) electrons. The standard InChI is InChI=1S/C11H19N3O/c1-2-14-6-5-13-11(14)10(12)9-4-3-7-15-8-9/h5-6,9-10H,2-4,7-8,12H2,1H3/t9-,10-/m0/s1. The highest BCUT2D eigenvalue weighted by atomic mass is 16.5. The van der Waals surface area contributed by atoms with Gasteiger partial charge in [-0.25, -0.2) is 4.98 Å². The SMILES string of the molecule is CCn1ccnc1[C@@H](N)[C@H]1CCCOC1. The van der Waals surface area contributed by atoms with E-state index in [4.69, 9.17) is 10.5 Å². The lowest BCUT2D eigenvalue weighted by Crippen LogP contribution is -2.31. The molecule has 1 saturated heterocycles. The molecule has 0 bridgehead atoms. The Bertz CT molecular complexity index is 305. The van der Waals surface area contributed by atoms with Gasteiger partial charge < -0.3 is 15.0 Å². The fourth-order valence-corrected chi connectivity index (χ4v) is 2.15. The lowest BCUT2D eigenvalue weighted by Gasteiger charge is -2.27. The van der Waals surface area contributed by atoms with E-state index in [0.717, 1.165) is 38.4 Å². The number of nitrogens with zero attached hydrogens (tertiary/aromatic N) is 2. The zero-order valence-electron chi connectivity index (χ0n) is 9.22. The summed E-state index contributed by atoms with van der Waals surface area (Å²) in [5, 5.41) is 0. The third-order valence-corrected chi connectivity index (χ3v) is 3.09. The Balaban J connectivity index is 2.08. The van der Waals surface area contributed by atoms with Gasteiger partial charge in [0.15, 0.2) is 0 Å². The van der Waals surface area contributed by atoms with Gasteiger partial charge in [-0.15, -0.1) is 0 Å². The van der Waals surface area contributed by atoms with Crippen LogP contribution in [0.25, 0.3) is 0 Å². The second kappa shape index (κ2) is 4.77. The van der Waals surface area contributed by atoms with E-state index in [9.17, 15) is 0 Å². The molecule has 2 atom stereocenters. The van der Waals surface area contributed by atoms with Crippen molar-refractivity contribution in [1.29, 1.82) is 0 Å². The molecule has 0 aromatic carbocycles. The maximum atomic E-state index is 6.23. The number of nitrogens with two attached hydrogens (primary N) is 1. The van der Waals surface area contributed by atoms with Crippen molar-refractivity contribution >= 4 is 0 Å². The molecule has 1 aromatic heterocycles. The van der Waals surface area contributed by atoms with E-state index < -0.39 is 0 Å². The van der Waals surface area contributed by atoms with E-state index in [1.54, 1.807) is 0 Å². The van der Waals surface area contributed by atoms with Gasteiger partial charge in [-0.2, -0.15) is 0 Å². The molecule has 2 heterocycles. The molecule has 84 valence electrons. The van der Waals surface area contributed by atoms with Gasteiger partial charge in [0.05, 0.1) is 12.6 Å². The molecule has 15 heavy (non-hydrogen) atoms. The molecule has 0 amide bonds. The Morgan fingerprint density at radius 1 is 1.73 bits per heavy atom. The van der Waals surface area contributed by atoms with Crippen molar-refractivity contribution in [3.8, 4) is 0 Å². The van der Waals surface area contributed by atoms with Crippen molar-refractivity contribution in [3.05, 3.63) is 18.2 Å². The maximum absolute atomic E-state index is 6.23. The van der Waals surface area contributed by atoms with Gasteiger partial charge in [-0.3, -0.25) is 0 Å². The largest absolute Gasteiger partial charge is 0.381 e. The van der Waals surface area contributed by atoms with Gasteiger partial charge in [-0.05, 0) is 19.8 Å². The molecule has 1 aliphatic heterocycles. The first-order valence-electron chi connectivity index (χ1n) is 5.67. The van der Waals surface area contributed by atoms with Gasteiger partial charge in [0.2, 0.25) is 0 Å². The van der Waals surface area contributed by atoms with Crippen LogP contribution in [0, 0.1) is 5.92 Å². The summed E-state index contributed by atoms with van der Waals surface area (Å²) >= 11 is 0. The molecule has 0 aliphatic carbocycles. The quantitative estimate of drug-likeness (QED) is 0.817. The van der Waals surface area contributed by atoms with Crippen molar-refractivity contribution in [2.24, 2.45) is 11.7 Å². The van der Waals surface area contributed by atoms with Gasteiger partial charge in [-0.1, -0.05) is 0 Å². The highest BCUT2D eigenvalue weighted by molar-refractivity contribution is 5.00. The summed E-state index contributed by atoms with van der Waals surface area (Å²) in [5.74, 6) is 1.42. The monoisotopic (exact) mass is 209 g/mol. The molecule has 0 spiro atoms. The van der Waals surface area contributed by atoms with Crippen LogP contribution in [-0.4, -0.2) is 22.8 Å². The Morgan fingerprint density at radius 3 is 3.27 bits per heavy atom. The Kier molecular flexibility index (Phi) is 3.38. The minimum absolute atomic E-state index is 0.0141. The predicted octanol–water partition coefficient (Wildman–Crippen LogP) is 1.33. The van der Waals surface area contributed by atoms with Crippen LogP contribution < -0.4 is 5.73 Å². The van der Waals surface area contributed by atoms with E-state index in [-0.39, 0.29) is 6.04 Å². The fourth-order valence-electron chi connectivity index (χ4n) is 2.15. The zero-order chi connectivity index (χ0) is 10.7. The van der Waals surface area contributed by atoms with Crippen LogP contribution in [0.4, 0.5) is 0 Å². The van der Waals surface area contributed by atoms with Crippen LogP contribution in [0.15, 0.2) is 12.4 Å². The van der Waals surface area contributed by atoms with Crippen molar-refractivity contribution in [2.75, 3.05) is 13.2 Å². The Labute approximate surface area is 90.4 Å². The van der Waals surface area contributed by atoms with Crippen LogP contribution in [0.2, 0.25) is 0 Å². The fraction of sp³-hybridized carbons (Fsp3) is 0.727. The smallest absolute Gasteiger partial charge is 0.125 e. The predicted molar refractivity (Wildman–Crippen MR) is 58.4 cm³/mol. The second-order valence-corrected chi connectivity index (χ2v) is 4.07. The van der Waals surface area contributed by atoms with Crippen molar-refractivity contribution in [1.82, 2.24) is 9.55 Å². The highest BCUT2D eigenvalue weighted by Crippen LogP contribution is 2.25. The summed E-state index contributed by atoms with van der Waals surface area (Å²) in [5.41, 5.74) is 6.23. The summed E-state index contributed by atoms with van der Waals surface area (Å²) in [7, 11) is 0. The third-order valence-electron chi connectivity index (χ3n) is 3.09. The lowest BCUT2D eigenvalue weighted by molar-refractivity contribution is 0.0432. The van der Waals surface area contributed by atoms with E-state index in [1.807, 2.05) is 12.4 Å². The molecule has 1 fully saturated rings. The summed E-state index contributed by atoms with van der Waals surface area (Å²) in [6.07, 6.45) is 6.07. The van der Waals surface area contributed by atoms with Crippen LogP contribution in [-0.2, 0) is 11.3 Å². The first-order valence-corrected chi connectivity index (χ1v) is 5.67.